The van der Waals surface area contributed by atoms with E-state index in [1.807, 2.05) is 6.07 Å². The predicted molar refractivity (Wildman–Crippen MR) is 53.7 cm³/mol. The van der Waals surface area contributed by atoms with Crippen molar-refractivity contribution in [2.24, 2.45) is 0 Å². The highest BCUT2D eigenvalue weighted by Gasteiger charge is 2.03. The summed E-state index contributed by atoms with van der Waals surface area (Å²) >= 11 is 4.32. The summed E-state index contributed by atoms with van der Waals surface area (Å²) in [6.07, 6.45) is 1.67. The Bertz CT molecular complexity index is 461. The number of H-pyrrole nitrogens is 1. The second-order valence-corrected chi connectivity index (χ2v) is 4.16. The summed E-state index contributed by atoms with van der Waals surface area (Å²) in [7, 11) is 0. The van der Waals surface area contributed by atoms with E-state index in [2.05, 4.69) is 31.1 Å². The van der Waals surface area contributed by atoms with Gasteiger partial charge < -0.3 is 0 Å². The lowest BCUT2D eigenvalue weighted by molar-refractivity contribution is 1.05. The van der Waals surface area contributed by atoms with Gasteiger partial charge in [-0.2, -0.15) is 5.10 Å². The van der Waals surface area contributed by atoms with Crippen LogP contribution in [-0.2, 0) is 0 Å². The zero-order valence-corrected chi connectivity index (χ0v) is 8.72. The maximum atomic E-state index is 10.8. The number of hydrogen-bond acceptors (Lipinski definition) is 4. The summed E-state index contributed by atoms with van der Waals surface area (Å²) in [6.45, 7) is 0. The third-order valence-corrected chi connectivity index (χ3v) is 2.62. The summed E-state index contributed by atoms with van der Waals surface area (Å²) in [5.74, 6) is 0. The van der Waals surface area contributed by atoms with E-state index in [-0.39, 0.29) is 4.87 Å². The Kier molecular flexibility index (Phi) is 2.24. The van der Waals surface area contributed by atoms with E-state index >= 15 is 0 Å². The van der Waals surface area contributed by atoms with Crippen LogP contribution in [0, 0.1) is 0 Å². The molecule has 2 rings (SSSR count). The Hall–Kier alpha value is -1.01. The highest BCUT2D eigenvalue weighted by molar-refractivity contribution is 9.10. The zero-order chi connectivity index (χ0) is 9.26. The Morgan fingerprint density at radius 3 is 2.85 bits per heavy atom. The van der Waals surface area contributed by atoms with Gasteiger partial charge >= 0.3 is 4.87 Å². The Morgan fingerprint density at radius 1 is 1.46 bits per heavy atom. The number of nitrogens with zero attached hydrogens (tertiary/aromatic N) is 2. The standard InChI is InChI=1S/C7H4BrN3OS/c8-4-1-2-5(9-3-4)6-10-11-7(12)13-6/h1-3H,(H,11,12). The van der Waals surface area contributed by atoms with Crippen LogP contribution in [0.2, 0.25) is 0 Å². The van der Waals surface area contributed by atoms with Gasteiger partial charge in [-0.1, -0.05) is 11.3 Å². The van der Waals surface area contributed by atoms with Crippen LogP contribution in [-0.4, -0.2) is 15.2 Å². The van der Waals surface area contributed by atoms with Crippen LogP contribution in [0.4, 0.5) is 0 Å². The molecule has 0 radical (unpaired) electrons. The van der Waals surface area contributed by atoms with Crippen molar-refractivity contribution in [2.45, 2.75) is 0 Å². The maximum absolute atomic E-state index is 10.8. The first-order valence-corrected chi connectivity index (χ1v) is 5.04. The molecule has 0 amide bonds. The highest BCUT2D eigenvalue weighted by atomic mass is 79.9. The molecule has 0 aliphatic carbocycles. The van der Waals surface area contributed by atoms with Crippen molar-refractivity contribution >= 4 is 27.3 Å². The number of nitrogens with one attached hydrogen (secondary N) is 1. The third kappa shape index (κ3) is 1.84. The largest absolute Gasteiger partial charge is 0.322 e. The first-order valence-electron chi connectivity index (χ1n) is 3.43. The molecule has 0 saturated heterocycles. The lowest BCUT2D eigenvalue weighted by Gasteiger charge is -1.92. The molecule has 0 aromatic carbocycles. The number of hydrogen-bond donors (Lipinski definition) is 1. The second-order valence-electron chi connectivity index (χ2n) is 2.28. The number of rotatable bonds is 1. The van der Waals surface area contributed by atoms with Gasteiger partial charge in [-0.25, -0.2) is 5.10 Å². The minimum atomic E-state index is -0.167. The first-order chi connectivity index (χ1) is 6.25. The summed E-state index contributed by atoms with van der Waals surface area (Å²) < 4.78 is 0.902. The Balaban J connectivity index is 2.47. The van der Waals surface area contributed by atoms with Crippen LogP contribution in [0.1, 0.15) is 0 Å². The lowest BCUT2D eigenvalue weighted by Crippen LogP contribution is -1.90. The quantitative estimate of drug-likeness (QED) is 0.846. The molecule has 0 spiro atoms. The van der Waals surface area contributed by atoms with Crippen molar-refractivity contribution < 1.29 is 0 Å². The van der Waals surface area contributed by atoms with Gasteiger partial charge in [-0.3, -0.25) is 9.78 Å². The van der Waals surface area contributed by atoms with E-state index in [9.17, 15) is 4.79 Å². The summed E-state index contributed by atoms with van der Waals surface area (Å²) in [6, 6.07) is 3.66. The molecule has 0 aliphatic heterocycles. The van der Waals surface area contributed by atoms with Gasteiger partial charge in [-0.05, 0) is 28.1 Å². The van der Waals surface area contributed by atoms with E-state index in [1.54, 1.807) is 12.3 Å². The molecule has 2 heterocycles. The van der Waals surface area contributed by atoms with E-state index in [4.69, 9.17) is 0 Å². The van der Waals surface area contributed by atoms with Gasteiger partial charge in [0.25, 0.3) is 0 Å². The molecule has 0 fully saturated rings. The smallest absolute Gasteiger partial charge is 0.255 e. The van der Waals surface area contributed by atoms with Gasteiger partial charge in [0, 0.05) is 10.7 Å². The van der Waals surface area contributed by atoms with Crippen molar-refractivity contribution in [3.05, 3.63) is 32.5 Å². The molecule has 66 valence electrons. The van der Waals surface area contributed by atoms with Crippen molar-refractivity contribution in [1.29, 1.82) is 0 Å². The SMILES string of the molecule is O=c1[nH]nc(-c2ccc(Br)cn2)s1. The van der Waals surface area contributed by atoms with E-state index < -0.39 is 0 Å². The minimum absolute atomic E-state index is 0.167. The lowest BCUT2D eigenvalue weighted by atomic mass is 10.4. The number of aromatic amines is 1. The number of aromatic nitrogens is 3. The molecular weight excluding hydrogens is 254 g/mol. The van der Waals surface area contributed by atoms with Crippen molar-refractivity contribution in [2.75, 3.05) is 0 Å². The molecule has 13 heavy (non-hydrogen) atoms. The van der Waals surface area contributed by atoms with Gasteiger partial charge in [0.05, 0.1) is 0 Å². The van der Waals surface area contributed by atoms with Crippen LogP contribution in [0.25, 0.3) is 10.7 Å². The monoisotopic (exact) mass is 257 g/mol. The molecule has 2 aromatic rings. The van der Waals surface area contributed by atoms with Crippen LogP contribution in [0.15, 0.2) is 27.6 Å². The second kappa shape index (κ2) is 3.39. The van der Waals surface area contributed by atoms with E-state index in [0.717, 1.165) is 15.8 Å². The summed E-state index contributed by atoms with van der Waals surface area (Å²) in [5.41, 5.74) is 0.701. The van der Waals surface area contributed by atoms with Crippen molar-refractivity contribution in [3.8, 4) is 10.7 Å². The van der Waals surface area contributed by atoms with Crippen LogP contribution in [0.3, 0.4) is 0 Å². The van der Waals surface area contributed by atoms with Crippen molar-refractivity contribution in [1.82, 2.24) is 15.2 Å². The summed E-state index contributed by atoms with van der Waals surface area (Å²) in [4.78, 5) is 14.7. The third-order valence-electron chi connectivity index (χ3n) is 1.38. The molecule has 0 aliphatic rings. The van der Waals surface area contributed by atoms with E-state index in [0.29, 0.717) is 10.7 Å². The zero-order valence-electron chi connectivity index (χ0n) is 6.32. The van der Waals surface area contributed by atoms with Crippen LogP contribution < -0.4 is 4.87 Å². The number of pyridine rings is 1. The molecule has 0 atom stereocenters. The van der Waals surface area contributed by atoms with Gasteiger partial charge in [0.1, 0.15) is 5.69 Å². The fraction of sp³-hybridized carbons (Fsp3) is 0. The minimum Gasteiger partial charge on any atom is -0.255 e. The van der Waals surface area contributed by atoms with Gasteiger partial charge in [-0.15, -0.1) is 0 Å². The molecule has 1 N–H and O–H groups in total. The molecule has 2 aromatic heterocycles. The normalized spacial score (nSPS) is 10.2. The molecule has 0 bridgehead atoms. The fourth-order valence-electron chi connectivity index (χ4n) is 0.842. The molecule has 4 nitrogen and oxygen atoms in total. The Labute approximate surface area is 85.8 Å². The topological polar surface area (TPSA) is 58.6 Å². The van der Waals surface area contributed by atoms with Crippen molar-refractivity contribution in [3.63, 3.8) is 0 Å². The Morgan fingerprint density at radius 2 is 2.31 bits per heavy atom. The van der Waals surface area contributed by atoms with Crippen LogP contribution >= 0.6 is 27.3 Å². The first kappa shape index (κ1) is 8.58. The molecule has 6 heteroatoms. The maximum Gasteiger partial charge on any atom is 0.322 e. The van der Waals surface area contributed by atoms with Gasteiger partial charge in [0.15, 0.2) is 5.01 Å². The van der Waals surface area contributed by atoms with Crippen LogP contribution in [0.5, 0.6) is 0 Å². The predicted octanol–water partition coefficient (Wildman–Crippen LogP) is 1.66. The van der Waals surface area contributed by atoms with E-state index in [1.165, 1.54) is 0 Å². The highest BCUT2D eigenvalue weighted by Crippen LogP contribution is 2.17. The fourth-order valence-corrected chi connectivity index (χ4v) is 1.66. The molecule has 0 unspecified atom stereocenters. The van der Waals surface area contributed by atoms with Gasteiger partial charge in [0.2, 0.25) is 0 Å². The average molecular weight is 258 g/mol. The summed E-state index contributed by atoms with van der Waals surface area (Å²) in [5, 5.41) is 6.77. The number of halogens is 1. The molecular formula is C7H4BrN3OS. The molecule has 0 saturated carbocycles. The average Bonchev–Trinajstić information content (AvgIpc) is 2.53.